The summed E-state index contributed by atoms with van der Waals surface area (Å²) in [6, 6.07) is 23.3. The third-order valence-electron chi connectivity index (χ3n) is 4.81. The molecule has 2 aromatic heterocycles. The lowest BCUT2D eigenvalue weighted by Crippen LogP contribution is -2.15. The van der Waals surface area contributed by atoms with Gasteiger partial charge in [0.1, 0.15) is 16.9 Å². The fraction of sp³-hybridized carbons (Fsp3) is 0.0400. The number of sulfonamides is 1. The molecule has 180 valence electrons. The van der Waals surface area contributed by atoms with Gasteiger partial charge in [-0.05, 0) is 60.7 Å². The summed E-state index contributed by atoms with van der Waals surface area (Å²) in [6.45, 7) is 0. The number of benzene rings is 2. The molecular formula is C25H18ClN5O3S2. The van der Waals surface area contributed by atoms with E-state index in [1.54, 1.807) is 42.5 Å². The zero-order chi connectivity index (χ0) is 25.5. The zero-order valence-corrected chi connectivity index (χ0v) is 20.9. The molecule has 0 radical (unpaired) electrons. The number of aromatic nitrogens is 2. The molecule has 0 saturated carbocycles. The first kappa shape index (κ1) is 25.2. The van der Waals surface area contributed by atoms with Crippen LogP contribution < -0.4 is 10.0 Å². The second kappa shape index (κ2) is 11.2. The maximum atomic E-state index is 12.5. The van der Waals surface area contributed by atoms with Gasteiger partial charge < -0.3 is 5.32 Å². The molecule has 0 aliphatic rings. The van der Waals surface area contributed by atoms with Crippen molar-refractivity contribution in [3.05, 3.63) is 95.6 Å². The first-order valence-electron chi connectivity index (χ1n) is 10.5. The van der Waals surface area contributed by atoms with E-state index in [9.17, 15) is 18.5 Å². The summed E-state index contributed by atoms with van der Waals surface area (Å²) in [5, 5.41) is 13.2. The van der Waals surface area contributed by atoms with E-state index in [0.717, 1.165) is 17.3 Å². The second-order valence-corrected chi connectivity index (χ2v) is 10.4. The highest BCUT2D eigenvalue weighted by Crippen LogP contribution is 2.26. The van der Waals surface area contributed by atoms with Gasteiger partial charge in [-0.3, -0.25) is 9.52 Å². The van der Waals surface area contributed by atoms with Crippen LogP contribution in [0.4, 0.5) is 11.5 Å². The second-order valence-electron chi connectivity index (χ2n) is 7.35. The molecule has 4 rings (SSSR count). The Morgan fingerprint density at radius 3 is 2.42 bits per heavy atom. The van der Waals surface area contributed by atoms with Crippen LogP contribution in [0, 0.1) is 11.3 Å². The molecular weight excluding hydrogens is 518 g/mol. The van der Waals surface area contributed by atoms with E-state index in [1.165, 1.54) is 30.5 Å². The molecule has 0 aliphatic carbocycles. The van der Waals surface area contributed by atoms with E-state index >= 15 is 0 Å². The van der Waals surface area contributed by atoms with Gasteiger partial charge in [-0.15, -0.1) is 0 Å². The van der Waals surface area contributed by atoms with E-state index < -0.39 is 10.0 Å². The van der Waals surface area contributed by atoms with Crippen LogP contribution in [-0.4, -0.2) is 30.0 Å². The average molecular weight is 536 g/mol. The van der Waals surface area contributed by atoms with Crippen molar-refractivity contribution in [3.63, 3.8) is 0 Å². The number of carbonyl (C=O) groups is 1. The maximum absolute atomic E-state index is 12.5. The molecule has 0 bridgehead atoms. The van der Waals surface area contributed by atoms with E-state index in [0.29, 0.717) is 27.0 Å². The Labute approximate surface area is 217 Å². The Balaban J connectivity index is 1.39. The van der Waals surface area contributed by atoms with Crippen molar-refractivity contribution in [2.75, 3.05) is 15.8 Å². The number of nitrogens with zero attached hydrogens (tertiary/aromatic N) is 3. The van der Waals surface area contributed by atoms with Gasteiger partial charge in [-0.25, -0.2) is 18.4 Å². The molecule has 8 nitrogen and oxygen atoms in total. The Morgan fingerprint density at radius 1 is 1.00 bits per heavy atom. The number of nitrogens with one attached hydrogen (secondary N) is 2. The summed E-state index contributed by atoms with van der Waals surface area (Å²) in [4.78, 5) is 21.0. The summed E-state index contributed by atoms with van der Waals surface area (Å²) in [5.41, 5.74) is 2.29. The van der Waals surface area contributed by atoms with Gasteiger partial charge in [0.15, 0.2) is 0 Å². The molecule has 11 heteroatoms. The van der Waals surface area contributed by atoms with Gasteiger partial charge >= 0.3 is 0 Å². The standard InChI is InChI=1S/C25H18ClN5O3S2/c26-19-7-4-17(5-8-19)22-13-6-18(15-27)25(30-22)35-16-24(32)29-20-9-11-21(12-10-20)36(33,34)31-23-3-1-2-14-28-23/h1-14H,16H2,(H,28,31)(H,29,32). The highest BCUT2D eigenvalue weighted by Gasteiger charge is 2.15. The van der Waals surface area contributed by atoms with Gasteiger partial charge in [0, 0.05) is 22.5 Å². The van der Waals surface area contributed by atoms with Gasteiger partial charge in [0.25, 0.3) is 10.0 Å². The minimum absolute atomic E-state index is 0.00698. The maximum Gasteiger partial charge on any atom is 0.263 e. The molecule has 2 aromatic carbocycles. The monoisotopic (exact) mass is 535 g/mol. The molecule has 2 heterocycles. The average Bonchev–Trinajstić information content (AvgIpc) is 2.88. The van der Waals surface area contributed by atoms with E-state index in [1.807, 2.05) is 12.1 Å². The Bertz CT molecular complexity index is 1520. The summed E-state index contributed by atoms with van der Waals surface area (Å²) < 4.78 is 27.4. The van der Waals surface area contributed by atoms with Crippen molar-refractivity contribution in [2.24, 2.45) is 0 Å². The number of nitriles is 1. The fourth-order valence-corrected chi connectivity index (χ4v) is 4.99. The number of thioether (sulfide) groups is 1. The predicted octanol–water partition coefficient (Wildman–Crippen LogP) is 5.20. The predicted molar refractivity (Wildman–Crippen MR) is 140 cm³/mol. The van der Waals surface area contributed by atoms with Crippen molar-refractivity contribution in [1.29, 1.82) is 5.26 Å². The largest absolute Gasteiger partial charge is 0.325 e. The normalized spacial score (nSPS) is 10.9. The van der Waals surface area contributed by atoms with E-state index in [-0.39, 0.29) is 22.4 Å². The minimum Gasteiger partial charge on any atom is -0.325 e. The molecule has 0 fully saturated rings. The number of halogens is 1. The number of hydrogen-bond acceptors (Lipinski definition) is 7. The molecule has 0 saturated heterocycles. The molecule has 2 N–H and O–H groups in total. The quantitative estimate of drug-likeness (QED) is 0.297. The summed E-state index contributed by atoms with van der Waals surface area (Å²) >= 11 is 7.08. The molecule has 0 atom stereocenters. The van der Waals surface area contributed by atoms with Crippen LogP contribution in [0.15, 0.2) is 95.0 Å². The highest BCUT2D eigenvalue weighted by atomic mass is 35.5. The Hall–Kier alpha value is -3.91. The third kappa shape index (κ3) is 6.40. The summed E-state index contributed by atoms with van der Waals surface area (Å²) in [7, 11) is -3.82. The first-order valence-corrected chi connectivity index (χ1v) is 13.3. The third-order valence-corrected chi connectivity index (χ3v) is 7.43. The Morgan fingerprint density at radius 2 is 1.75 bits per heavy atom. The van der Waals surface area contributed by atoms with Crippen molar-refractivity contribution < 1.29 is 13.2 Å². The van der Waals surface area contributed by atoms with Gasteiger partial charge in [-0.2, -0.15) is 5.26 Å². The van der Waals surface area contributed by atoms with Crippen molar-refractivity contribution in [3.8, 4) is 17.3 Å². The number of carbonyl (C=O) groups excluding carboxylic acids is 1. The lowest BCUT2D eigenvalue weighted by atomic mass is 10.1. The van der Waals surface area contributed by atoms with E-state index in [2.05, 4.69) is 26.1 Å². The lowest BCUT2D eigenvalue weighted by Gasteiger charge is -2.09. The van der Waals surface area contributed by atoms with Gasteiger partial charge in [0.05, 0.1) is 21.9 Å². The van der Waals surface area contributed by atoms with Crippen molar-refractivity contribution in [2.45, 2.75) is 9.92 Å². The zero-order valence-electron chi connectivity index (χ0n) is 18.6. The smallest absolute Gasteiger partial charge is 0.263 e. The SMILES string of the molecule is N#Cc1ccc(-c2ccc(Cl)cc2)nc1SCC(=O)Nc1ccc(S(=O)(=O)Nc2ccccn2)cc1. The van der Waals surface area contributed by atoms with Crippen LogP contribution in [0.2, 0.25) is 5.02 Å². The molecule has 0 spiro atoms. The molecule has 0 unspecified atom stereocenters. The molecule has 0 aliphatic heterocycles. The van der Waals surface area contributed by atoms with E-state index in [4.69, 9.17) is 11.6 Å². The summed E-state index contributed by atoms with van der Waals surface area (Å²) in [5.74, 6) is -0.116. The van der Waals surface area contributed by atoms with Crippen LogP contribution in [-0.2, 0) is 14.8 Å². The lowest BCUT2D eigenvalue weighted by molar-refractivity contribution is -0.113. The van der Waals surface area contributed by atoms with Crippen LogP contribution >= 0.6 is 23.4 Å². The molecule has 36 heavy (non-hydrogen) atoms. The first-order chi connectivity index (χ1) is 17.3. The van der Waals surface area contributed by atoms with Crippen LogP contribution in [0.5, 0.6) is 0 Å². The topological polar surface area (TPSA) is 125 Å². The molecule has 1 amide bonds. The number of anilines is 2. The van der Waals surface area contributed by atoms with Crippen LogP contribution in [0.25, 0.3) is 11.3 Å². The summed E-state index contributed by atoms with van der Waals surface area (Å²) in [6.07, 6.45) is 1.48. The van der Waals surface area contributed by atoms with Gasteiger partial charge in [-0.1, -0.05) is 41.6 Å². The van der Waals surface area contributed by atoms with Crippen LogP contribution in [0.3, 0.4) is 0 Å². The molecule has 4 aromatic rings. The van der Waals surface area contributed by atoms with Crippen molar-refractivity contribution in [1.82, 2.24) is 9.97 Å². The van der Waals surface area contributed by atoms with Gasteiger partial charge in [0.2, 0.25) is 5.91 Å². The highest BCUT2D eigenvalue weighted by molar-refractivity contribution is 8.00. The number of amides is 1. The number of rotatable bonds is 8. The Kier molecular flexibility index (Phi) is 7.85. The number of pyridine rings is 2. The minimum atomic E-state index is -3.82. The van der Waals surface area contributed by atoms with Crippen LogP contribution in [0.1, 0.15) is 5.56 Å². The fourth-order valence-electron chi connectivity index (χ4n) is 3.09. The number of hydrogen-bond donors (Lipinski definition) is 2. The van der Waals surface area contributed by atoms with Crippen molar-refractivity contribution >= 4 is 50.8 Å².